The van der Waals surface area contributed by atoms with E-state index in [-0.39, 0.29) is 47.0 Å². The molecule has 320 valence electrons. The van der Waals surface area contributed by atoms with E-state index < -0.39 is 59.9 Å². The number of ketones is 2. The summed E-state index contributed by atoms with van der Waals surface area (Å²) in [6.45, 7) is 15.5. The monoisotopic (exact) mass is 849 g/mol. The van der Waals surface area contributed by atoms with Crippen LogP contribution in [0, 0.1) is 23.7 Å². The van der Waals surface area contributed by atoms with Crippen LogP contribution in [0.5, 0.6) is 17.2 Å². The van der Waals surface area contributed by atoms with Crippen LogP contribution in [0.15, 0.2) is 75.9 Å². The fourth-order valence-corrected chi connectivity index (χ4v) is 11.8. The lowest BCUT2D eigenvalue weighted by Gasteiger charge is -2.62. The molecule has 0 aromatic heterocycles. The molecule has 3 saturated carbocycles. The van der Waals surface area contributed by atoms with E-state index in [2.05, 4.69) is 6.08 Å². The van der Waals surface area contributed by atoms with Crippen molar-refractivity contribution in [2.75, 3.05) is 7.11 Å². The number of fused-ring (bicyclic) bond motifs is 6. The average Bonchev–Trinajstić information content (AvgIpc) is 3.55. The Morgan fingerprint density at radius 3 is 2.36 bits per heavy atom. The maximum Gasteiger partial charge on any atom is 0.524 e. The van der Waals surface area contributed by atoms with Gasteiger partial charge in [-0.1, -0.05) is 53.6 Å². The van der Waals surface area contributed by atoms with Crippen LogP contribution in [0.25, 0.3) is 11.8 Å². The SMILES string of the molecule is COC(=O)C(C)=CCC12OC(C)(C)C3CC(C1=O)C1C4=C(N=C5c6ccccc6C(=O)C51)c1c(OP(=O)(O)O)c5c(c(CC=C(C)C)c1OC432)OC(C)(CCC=C(C)C)C=C5. The summed E-state index contributed by atoms with van der Waals surface area (Å²) in [5.74, 6) is -3.30. The van der Waals surface area contributed by atoms with Crippen molar-refractivity contribution in [1.82, 2.24) is 0 Å². The van der Waals surface area contributed by atoms with Crippen molar-refractivity contribution < 1.29 is 52.2 Å². The van der Waals surface area contributed by atoms with Crippen LogP contribution in [0.2, 0.25) is 0 Å². The van der Waals surface area contributed by atoms with Gasteiger partial charge in [0.2, 0.25) is 0 Å². The van der Waals surface area contributed by atoms with Crippen LogP contribution in [0.1, 0.15) is 114 Å². The first kappa shape index (κ1) is 41.5. The van der Waals surface area contributed by atoms with Gasteiger partial charge in [-0.05, 0) is 93.2 Å². The normalized spacial score (nSPS) is 30.5. The molecule has 13 heteroatoms. The molecule has 2 aromatic carbocycles. The number of carbonyl (C=O) groups is 3. The molecule has 4 aliphatic heterocycles. The van der Waals surface area contributed by atoms with Crippen molar-refractivity contribution in [2.24, 2.45) is 28.7 Å². The Bertz CT molecular complexity index is 2600. The van der Waals surface area contributed by atoms with Gasteiger partial charge in [0.1, 0.15) is 17.1 Å². The van der Waals surface area contributed by atoms with E-state index >= 15 is 4.79 Å². The molecule has 8 aliphatic rings. The smallest absolute Gasteiger partial charge is 0.482 e. The topological polar surface area (TPSA) is 167 Å². The number of aliphatic imine (C=N–C) groups is 1. The Morgan fingerprint density at radius 2 is 1.69 bits per heavy atom. The van der Waals surface area contributed by atoms with Crippen molar-refractivity contribution in [3.63, 3.8) is 0 Å². The number of hydrogen-bond acceptors (Lipinski definition) is 10. The summed E-state index contributed by atoms with van der Waals surface area (Å²) in [7, 11) is -3.97. The zero-order chi connectivity index (χ0) is 43.8. The van der Waals surface area contributed by atoms with E-state index in [1.54, 1.807) is 31.2 Å². The van der Waals surface area contributed by atoms with Gasteiger partial charge in [0.25, 0.3) is 0 Å². The van der Waals surface area contributed by atoms with E-state index in [4.69, 9.17) is 28.5 Å². The van der Waals surface area contributed by atoms with Gasteiger partial charge in [-0.3, -0.25) is 24.4 Å². The third kappa shape index (κ3) is 5.92. The molecule has 0 amide bonds. The maximum atomic E-state index is 15.7. The molecule has 2 N–H and O–H groups in total. The molecular formula is C48H52NO11P. The van der Waals surface area contributed by atoms with Crippen LogP contribution in [-0.2, 0) is 30.0 Å². The summed E-state index contributed by atoms with van der Waals surface area (Å²) in [6, 6.07) is 7.26. The van der Waals surface area contributed by atoms with Gasteiger partial charge in [-0.2, -0.15) is 0 Å². The van der Waals surface area contributed by atoms with Gasteiger partial charge in [0, 0.05) is 52.0 Å². The molecule has 12 nitrogen and oxygen atoms in total. The van der Waals surface area contributed by atoms with Crippen molar-refractivity contribution in [3.8, 4) is 17.2 Å². The van der Waals surface area contributed by atoms with Crippen LogP contribution < -0.4 is 14.0 Å². The highest BCUT2D eigenvalue weighted by molar-refractivity contribution is 7.46. The number of phosphoric acid groups is 1. The van der Waals surface area contributed by atoms with E-state index in [0.717, 1.165) is 5.57 Å². The van der Waals surface area contributed by atoms with Crippen LogP contribution in [0.4, 0.5) is 0 Å². The highest BCUT2D eigenvalue weighted by atomic mass is 31.2. The van der Waals surface area contributed by atoms with E-state index in [0.29, 0.717) is 64.2 Å². The van der Waals surface area contributed by atoms with E-state index in [1.807, 2.05) is 72.8 Å². The molecule has 7 atom stereocenters. The van der Waals surface area contributed by atoms with Gasteiger partial charge < -0.3 is 23.5 Å². The number of Topliss-reactive ketones (excluding diaryl/α,β-unsaturated/α-hetero) is 2. The van der Waals surface area contributed by atoms with Gasteiger partial charge in [0.05, 0.1) is 41.2 Å². The first-order chi connectivity index (χ1) is 28.7. The van der Waals surface area contributed by atoms with Gasteiger partial charge in [-0.15, -0.1) is 0 Å². The number of phosphoric ester groups is 1. The number of methoxy groups -OCH3 is 1. The summed E-state index contributed by atoms with van der Waals surface area (Å²) >= 11 is 0. The lowest BCUT2D eigenvalue weighted by molar-refractivity contribution is -0.183. The number of rotatable bonds is 10. The largest absolute Gasteiger partial charge is 0.524 e. The summed E-state index contributed by atoms with van der Waals surface area (Å²) < 4.78 is 45.8. The first-order valence-electron chi connectivity index (χ1n) is 21.0. The maximum absolute atomic E-state index is 15.7. The minimum absolute atomic E-state index is 0.0564. The third-order valence-electron chi connectivity index (χ3n) is 13.9. The lowest BCUT2D eigenvalue weighted by atomic mass is 9.43. The highest BCUT2D eigenvalue weighted by Crippen LogP contribution is 2.75. The molecule has 2 aromatic rings. The van der Waals surface area contributed by atoms with Crippen molar-refractivity contribution in [3.05, 3.63) is 98.7 Å². The Hall–Kier alpha value is -4.87. The molecule has 10 rings (SSSR count). The Morgan fingerprint density at radius 1 is 0.984 bits per heavy atom. The molecule has 1 spiro atoms. The molecule has 4 aliphatic carbocycles. The number of ether oxygens (including phenoxy) is 4. The van der Waals surface area contributed by atoms with Gasteiger partial charge in [0.15, 0.2) is 28.5 Å². The minimum atomic E-state index is -5.27. The van der Waals surface area contributed by atoms with Gasteiger partial charge in [-0.25, -0.2) is 9.36 Å². The first-order valence-corrected chi connectivity index (χ1v) is 22.5. The van der Waals surface area contributed by atoms with Crippen LogP contribution in [-0.4, -0.2) is 62.5 Å². The zero-order valence-corrected chi connectivity index (χ0v) is 36.9. The Labute approximate surface area is 355 Å². The second kappa shape index (κ2) is 13.8. The second-order valence-electron chi connectivity index (χ2n) is 18.8. The number of hydrogen-bond donors (Lipinski definition) is 2. The second-order valence-corrected chi connectivity index (χ2v) is 19.9. The third-order valence-corrected chi connectivity index (χ3v) is 14.3. The molecule has 4 bridgehead atoms. The molecule has 0 radical (unpaired) electrons. The number of esters is 1. The van der Waals surface area contributed by atoms with Crippen molar-refractivity contribution in [1.29, 1.82) is 0 Å². The Balaban J connectivity index is 1.41. The average molecular weight is 850 g/mol. The Kier molecular flexibility index (Phi) is 9.39. The van der Waals surface area contributed by atoms with Crippen molar-refractivity contribution in [2.45, 2.75) is 110 Å². The van der Waals surface area contributed by atoms with Crippen molar-refractivity contribution >= 4 is 42.8 Å². The molecule has 4 heterocycles. The summed E-state index contributed by atoms with van der Waals surface area (Å²) in [5, 5.41) is 0. The fraction of sp³-hybridized carbons (Fsp3) is 0.458. The van der Waals surface area contributed by atoms with Crippen LogP contribution in [0.3, 0.4) is 0 Å². The number of allylic oxidation sites excluding steroid dienone is 4. The quantitative estimate of drug-likeness (QED) is 0.102. The molecule has 4 fully saturated rings. The number of carbonyl (C=O) groups excluding carboxylic acids is 3. The van der Waals surface area contributed by atoms with E-state index in [9.17, 15) is 23.9 Å². The predicted octanol–water partition coefficient (Wildman–Crippen LogP) is 8.63. The lowest BCUT2D eigenvalue weighted by Crippen LogP contribution is -2.75. The summed E-state index contributed by atoms with van der Waals surface area (Å²) in [6.07, 6.45) is 11.4. The molecule has 7 unspecified atom stereocenters. The van der Waals surface area contributed by atoms with Crippen LogP contribution >= 0.6 is 7.82 Å². The summed E-state index contributed by atoms with van der Waals surface area (Å²) in [4.78, 5) is 69.9. The fourth-order valence-electron chi connectivity index (χ4n) is 11.4. The highest BCUT2D eigenvalue weighted by Gasteiger charge is 2.84. The standard InChI is InChI=1S/C48H52NO11P/c1-24(2)13-12-20-46(8)21-19-30-40(57-46)29(17-16-25(3)4)41-35(42(30)59-61(53,54)55)38-36-33(34-37(49-38)27-14-10-11-15-28(27)39(34)50)31-23-32-45(6,7)60-47(43(31)51,48(32,36)58-41)22-18-26(5)44(52)56-9/h10-11,13-16,18-19,21,31-34H,12,17,20,22-23H2,1-9H3,(H2,53,54,55). The molecular weight excluding hydrogens is 797 g/mol. The van der Waals surface area contributed by atoms with Gasteiger partial charge >= 0.3 is 13.8 Å². The number of nitrogens with zero attached hydrogens (tertiary/aromatic N) is 1. The predicted molar refractivity (Wildman–Crippen MR) is 228 cm³/mol. The molecule has 1 saturated heterocycles. The zero-order valence-electron chi connectivity index (χ0n) is 36.0. The minimum Gasteiger partial charge on any atom is -0.482 e. The number of benzene rings is 2. The van der Waals surface area contributed by atoms with E-state index in [1.165, 1.54) is 12.7 Å². The molecule has 61 heavy (non-hydrogen) atoms. The summed E-state index contributed by atoms with van der Waals surface area (Å²) in [5.41, 5.74) is 0.992.